The minimum atomic E-state index is -0.622. The second-order valence-electron chi connectivity index (χ2n) is 3.58. The molecule has 1 atom stereocenters. The summed E-state index contributed by atoms with van der Waals surface area (Å²) in [4.78, 5) is 24.6. The number of aromatic nitrogens is 2. The highest BCUT2D eigenvalue weighted by Gasteiger charge is 2.06. The Morgan fingerprint density at radius 3 is 2.80 bits per heavy atom. The molecule has 15 heavy (non-hydrogen) atoms. The predicted molar refractivity (Wildman–Crippen MR) is 55.5 cm³/mol. The van der Waals surface area contributed by atoms with Gasteiger partial charge in [0.05, 0.1) is 0 Å². The Labute approximate surface area is 87.0 Å². The van der Waals surface area contributed by atoms with Gasteiger partial charge in [0.1, 0.15) is 11.6 Å². The van der Waals surface area contributed by atoms with Gasteiger partial charge >= 0.3 is 5.69 Å². The van der Waals surface area contributed by atoms with Crippen molar-refractivity contribution in [1.82, 2.24) is 9.55 Å². The van der Waals surface area contributed by atoms with Crippen molar-refractivity contribution in [3.05, 3.63) is 32.6 Å². The van der Waals surface area contributed by atoms with Crippen molar-refractivity contribution >= 4 is 0 Å². The van der Waals surface area contributed by atoms with Crippen LogP contribution in [0.25, 0.3) is 0 Å². The molecule has 1 unspecified atom stereocenters. The first-order chi connectivity index (χ1) is 7.08. The highest BCUT2D eigenvalue weighted by molar-refractivity contribution is 5.21. The number of aromatic amines is 1. The Morgan fingerprint density at radius 2 is 2.27 bits per heavy atom. The molecule has 0 aliphatic carbocycles. The fourth-order valence-corrected chi connectivity index (χ4v) is 1.19. The molecule has 1 heterocycles. The van der Waals surface area contributed by atoms with Gasteiger partial charge in [0.25, 0.3) is 5.56 Å². The molecule has 0 aromatic carbocycles. The zero-order chi connectivity index (χ0) is 11.4. The van der Waals surface area contributed by atoms with Crippen molar-refractivity contribution in [2.75, 3.05) is 0 Å². The fraction of sp³-hybridized carbons (Fsp3) is 0.500. The van der Waals surface area contributed by atoms with E-state index in [2.05, 4.69) is 4.98 Å². The molecular weight excluding hydrogens is 194 g/mol. The first-order valence-corrected chi connectivity index (χ1v) is 4.82. The Hall–Kier alpha value is -1.83. The van der Waals surface area contributed by atoms with Crippen LogP contribution in [0.4, 0.5) is 0 Å². The Bertz CT molecular complexity index is 493. The van der Waals surface area contributed by atoms with Crippen LogP contribution in [0.5, 0.6) is 0 Å². The summed E-state index contributed by atoms with van der Waals surface area (Å²) in [6, 6.07) is 1.75. The lowest BCUT2D eigenvalue weighted by molar-refractivity contribution is 0.453. The number of rotatable bonds is 3. The molecule has 5 heteroatoms. The third kappa shape index (κ3) is 2.56. The summed E-state index contributed by atoms with van der Waals surface area (Å²) >= 11 is 0. The largest absolute Gasteiger partial charge is 0.328 e. The van der Waals surface area contributed by atoms with E-state index in [4.69, 9.17) is 5.26 Å². The molecule has 1 aromatic heterocycles. The molecule has 5 nitrogen and oxygen atoms in total. The van der Waals surface area contributed by atoms with Crippen molar-refractivity contribution in [3.63, 3.8) is 0 Å². The molecule has 1 aromatic rings. The van der Waals surface area contributed by atoms with Crippen LogP contribution in [-0.2, 0) is 6.54 Å². The molecule has 0 aliphatic rings. The van der Waals surface area contributed by atoms with Crippen LogP contribution in [-0.4, -0.2) is 9.55 Å². The maximum absolute atomic E-state index is 11.4. The Balaban J connectivity index is 3.15. The zero-order valence-corrected chi connectivity index (χ0v) is 8.78. The van der Waals surface area contributed by atoms with E-state index in [1.165, 1.54) is 10.8 Å². The van der Waals surface area contributed by atoms with Crippen molar-refractivity contribution in [2.24, 2.45) is 5.92 Å². The highest BCUT2D eigenvalue weighted by atomic mass is 16.2. The van der Waals surface area contributed by atoms with Gasteiger partial charge in [-0.3, -0.25) is 14.3 Å². The number of nitriles is 1. The van der Waals surface area contributed by atoms with Crippen LogP contribution < -0.4 is 11.2 Å². The van der Waals surface area contributed by atoms with E-state index in [1.807, 2.05) is 13.8 Å². The fourth-order valence-electron chi connectivity index (χ4n) is 1.19. The molecule has 0 amide bonds. The lowest BCUT2D eigenvalue weighted by Crippen LogP contribution is -2.32. The van der Waals surface area contributed by atoms with Gasteiger partial charge in [-0.15, -0.1) is 0 Å². The monoisotopic (exact) mass is 207 g/mol. The van der Waals surface area contributed by atoms with Crippen LogP contribution in [0.3, 0.4) is 0 Å². The zero-order valence-electron chi connectivity index (χ0n) is 8.78. The van der Waals surface area contributed by atoms with Crippen LogP contribution in [0.15, 0.2) is 15.8 Å². The van der Waals surface area contributed by atoms with Gasteiger partial charge in [0.15, 0.2) is 0 Å². The summed E-state index contributed by atoms with van der Waals surface area (Å²) in [6.45, 7) is 4.54. The van der Waals surface area contributed by atoms with E-state index >= 15 is 0 Å². The summed E-state index contributed by atoms with van der Waals surface area (Å²) in [5.41, 5.74) is -1.11. The molecule has 0 fully saturated rings. The summed E-state index contributed by atoms with van der Waals surface area (Å²) in [5, 5.41) is 8.64. The summed E-state index contributed by atoms with van der Waals surface area (Å²) in [7, 11) is 0. The molecule has 0 aliphatic heterocycles. The predicted octanol–water partition coefficient (Wildman–Crippen LogP) is 0.454. The molecule has 0 bridgehead atoms. The molecular formula is C10H13N3O2. The topological polar surface area (TPSA) is 78.7 Å². The molecule has 1 N–H and O–H groups in total. The van der Waals surface area contributed by atoms with Crippen LogP contribution >= 0.6 is 0 Å². The first-order valence-electron chi connectivity index (χ1n) is 4.82. The van der Waals surface area contributed by atoms with Crippen molar-refractivity contribution < 1.29 is 0 Å². The molecule has 0 saturated carbocycles. The van der Waals surface area contributed by atoms with E-state index in [1.54, 1.807) is 6.07 Å². The van der Waals surface area contributed by atoms with Gasteiger partial charge in [0, 0.05) is 12.7 Å². The second kappa shape index (κ2) is 4.60. The normalized spacial score (nSPS) is 12.1. The molecule has 1 rings (SSSR count). The number of hydrogen-bond acceptors (Lipinski definition) is 3. The van der Waals surface area contributed by atoms with E-state index in [0.29, 0.717) is 12.5 Å². The summed E-state index contributed by atoms with van der Waals surface area (Å²) < 4.78 is 1.37. The smallest absolute Gasteiger partial charge is 0.299 e. The molecule has 80 valence electrons. The van der Waals surface area contributed by atoms with Crippen molar-refractivity contribution in [3.8, 4) is 6.07 Å². The van der Waals surface area contributed by atoms with Gasteiger partial charge in [-0.25, -0.2) is 4.79 Å². The number of nitrogens with zero attached hydrogens (tertiary/aromatic N) is 2. The van der Waals surface area contributed by atoms with Gasteiger partial charge < -0.3 is 0 Å². The van der Waals surface area contributed by atoms with E-state index in [9.17, 15) is 9.59 Å². The molecule has 0 radical (unpaired) electrons. The maximum atomic E-state index is 11.4. The third-order valence-electron chi connectivity index (χ3n) is 2.34. The number of H-pyrrole nitrogens is 1. The Morgan fingerprint density at radius 1 is 1.60 bits per heavy atom. The lowest BCUT2D eigenvalue weighted by Gasteiger charge is -2.10. The first kappa shape index (κ1) is 11.2. The van der Waals surface area contributed by atoms with E-state index in [0.717, 1.165) is 6.42 Å². The van der Waals surface area contributed by atoms with E-state index < -0.39 is 11.2 Å². The Kier molecular flexibility index (Phi) is 3.45. The van der Waals surface area contributed by atoms with Gasteiger partial charge in [-0.1, -0.05) is 20.3 Å². The van der Waals surface area contributed by atoms with Crippen molar-refractivity contribution in [2.45, 2.75) is 26.8 Å². The average Bonchev–Trinajstić information content (AvgIpc) is 2.21. The van der Waals surface area contributed by atoms with Crippen molar-refractivity contribution in [1.29, 1.82) is 5.26 Å². The molecule has 0 spiro atoms. The quantitative estimate of drug-likeness (QED) is 0.781. The minimum absolute atomic E-state index is 0.0297. The van der Waals surface area contributed by atoms with Crippen LogP contribution in [0, 0.1) is 17.2 Å². The number of nitrogens with one attached hydrogen (secondary N) is 1. The number of hydrogen-bond donors (Lipinski definition) is 1. The van der Waals surface area contributed by atoms with Crippen LogP contribution in [0.2, 0.25) is 0 Å². The van der Waals surface area contributed by atoms with Gasteiger partial charge in [-0.2, -0.15) is 5.26 Å². The third-order valence-corrected chi connectivity index (χ3v) is 2.34. The van der Waals surface area contributed by atoms with Gasteiger partial charge in [-0.05, 0) is 5.92 Å². The van der Waals surface area contributed by atoms with E-state index in [-0.39, 0.29) is 5.56 Å². The van der Waals surface area contributed by atoms with Gasteiger partial charge in [0.2, 0.25) is 0 Å². The minimum Gasteiger partial charge on any atom is -0.299 e. The molecule has 0 saturated heterocycles. The lowest BCUT2D eigenvalue weighted by atomic mass is 10.1. The average molecular weight is 207 g/mol. The summed E-state index contributed by atoms with van der Waals surface area (Å²) in [6.07, 6.45) is 2.25. The highest BCUT2D eigenvalue weighted by Crippen LogP contribution is 2.02. The second-order valence-corrected chi connectivity index (χ2v) is 3.58. The maximum Gasteiger partial charge on any atom is 0.328 e. The summed E-state index contributed by atoms with van der Waals surface area (Å²) in [5.74, 6) is 0.333. The SMILES string of the molecule is CCC(C)Cn1cc(C#N)c(=O)[nH]c1=O. The standard InChI is InChI=1S/C10H13N3O2/c1-3-7(2)5-13-6-8(4-11)9(14)12-10(13)15/h6-7H,3,5H2,1-2H3,(H,12,14,15). The van der Waals surface area contributed by atoms with Crippen LogP contribution in [0.1, 0.15) is 25.8 Å².